The molecule has 0 saturated carbocycles. The highest BCUT2D eigenvalue weighted by Gasteiger charge is 2.17. The number of nitrogens with zero attached hydrogens (tertiary/aromatic N) is 3. The summed E-state index contributed by atoms with van der Waals surface area (Å²) in [6, 6.07) is 14.5. The molecule has 0 radical (unpaired) electrons. The van der Waals surface area contributed by atoms with Crippen LogP contribution in [0.25, 0.3) is 11.0 Å². The fourth-order valence-electron chi connectivity index (χ4n) is 2.84. The number of carbonyl (C=O) groups is 2. The molecule has 0 fully saturated rings. The van der Waals surface area contributed by atoms with Crippen molar-refractivity contribution >= 4 is 40.4 Å². The third kappa shape index (κ3) is 4.45. The minimum Gasteiger partial charge on any atom is -0.482 e. The number of benzene rings is 2. The van der Waals surface area contributed by atoms with Crippen LogP contribution in [0, 0.1) is 0 Å². The number of carboxylic acid groups (broad SMARTS) is 1. The van der Waals surface area contributed by atoms with Crippen LogP contribution >= 0.6 is 11.8 Å². The van der Waals surface area contributed by atoms with E-state index in [2.05, 4.69) is 4.98 Å². The van der Waals surface area contributed by atoms with Crippen LogP contribution in [-0.2, 0) is 21.9 Å². The molecular weight excluding hydrogens is 378 g/mol. The Labute approximate surface area is 166 Å². The minimum atomic E-state index is -1.04. The standard InChI is InChI=1S/C20H21N3O4S/c1-22(14-7-9-15(10-8-14)27-12-20(25)26)19(24)11-23-17-6-4-3-5-16(17)21-18(23)13-28-2/h3-10H,11-13H2,1-2H3,(H,25,26). The van der Waals surface area contributed by atoms with Gasteiger partial charge >= 0.3 is 5.97 Å². The van der Waals surface area contributed by atoms with Gasteiger partial charge < -0.3 is 19.3 Å². The summed E-state index contributed by atoms with van der Waals surface area (Å²) in [5.74, 6) is 0.916. The fourth-order valence-corrected chi connectivity index (χ4v) is 3.32. The summed E-state index contributed by atoms with van der Waals surface area (Å²) in [5, 5.41) is 8.66. The van der Waals surface area contributed by atoms with Gasteiger partial charge in [0.1, 0.15) is 18.1 Å². The summed E-state index contributed by atoms with van der Waals surface area (Å²) in [5.41, 5.74) is 2.51. The van der Waals surface area contributed by atoms with E-state index < -0.39 is 12.6 Å². The molecule has 146 valence electrons. The number of rotatable bonds is 8. The summed E-state index contributed by atoms with van der Waals surface area (Å²) < 4.78 is 7.07. The zero-order valence-electron chi connectivity index (χ0n) is 15.7. The van der Waals surface area contributed by atoms with Gasteiger partial charge in [0.2, 0.25) is 5.91 Å². The summed E-state index contributed by atoms with van der Waals surface area (Å²) in [6.07, 6.45) is 2.01. The van der Waals surface area contributed by atoms with Crippen molar-refractivity contribution in [3.63, 3.8) is 0 Å². The molecule has 7 nitrogen and oxygen atoms in total. The van der Waals surface area contributed by atoms with E-state index in [1.54, 1.807) is 48.0 Å². The molecule has 0 bridgehead atoms. The molecule has 0 aliphatic heterocycles. The zero-order chi connectivity index (χ0) is 20.1. The minimum absolute atomic E-state index is 0.0790. The number of imidazole rings is 1. The van der Waals surface area contributed by atoms with Gasteiger partial charge in [-0.15, -0.1) is 0 Å². The van der Waals surface area contributed by atoms with Crippen LogP contribution in [0.15, 0.2) is 48.5 Å². The van der Waals surface area contributed by atoms with Crippen molar-refractivity contribution in [3.05, 3.63) is 54.4 Å². The van der Waals surface area contributed by atoms with Crippen LogP contribution in [-0.4, -0.2) is 46.4 Å². The molecule has 0 saturated heterocycles. The second kappa shape index (κ2) is 8.79. The average molecular weight is 399 g/mol. The van der Waals surface area contributed by atoms with Crippen LogP contribution in [0.1, 0.15) is 5.82 Å². The number of carboxylic acids is 1. The predicted molar refractivity (Wildman–Crippen MR) is 110 cm³/mol. The first-order valence-corrected chi connectivity index (χ1v) is 10.0. The van der Waals surface area contributed by atoms with Gasteiger partial charge in [0.05, 0.1) is 16.8 Å². The van der Waals surface area contributed by atoms with E-state index in [1.807, 2.05) is 35.1 Å². The Bertz CT molecular complexity index is 985. The summed E-state index contributed by atoms with van der Waals surface area (Å²) in [6.45, 7) is -0.218. The lowest BCUT2D eigenvalue weighted by Gasteiger charge is -2.19. The van der Waals surface area contributed by atoms with Crippen molar-refractivity contribution < 1.29 is 19.4 Å². The molecule has 0 spiro atoms. The molecule has 0 aliphatic carbocycles. The maximum atomic E-state index is 12.9. The molecule has 2 aromatic carbocycles. The van der Waals surface area contributed by atoms with Crippen molar-refractivity contribution in [2.45, 2.75) is 12.3 Å². The first-order chi connectivity index (χ1) is 13.5. The van der Waals surface area contributed by atoms with Crippen molar-refractivity contribution in [3.8, 4) is 5.75 Å². The third-order valence-corrected chi connectivity index (χ3v) is 4.81. The van der Waals surface area contributed by atoms with Crippen LogP contribution in [0.4, 0.5) is 5.69 Å². The highest BCUT2D eigenvalue weighted by molar-refractivity contribution is 7.97. The summed E-state index contributed by atoms with van der Waals surface area (Å²) in [7, 11) is 1.71. The van der Waals surface area contributed by atoms with Crippen LogP contribution in [0.3, 0.4) is 0 Å². The molecule has 8 heteroatoms. The van der Waals surface area contributed by atoms with Gasteiger partial charge in [-0.2, -0.15) is 11.8 Å². The lowest BCUT2D eigenvalue weighted by atomic mass is 10.2. The monoisotopic (exact) mass is 399 g/mol. The largest absolute Gasteiger partial charge is 0.482 e. The van der Waals surface area contributed by atoms with E-state index in [-0.39, 0.29) is 12.5 Å². The number of aliphatic carboxylic acids is 1. The van der Waals surface area contributed by atoms with E-state index in [1.165, 1.54) is 0 Å². The molecule has 0 unspecified atom stereocenters. The number of aromatic nitrogens is 2. The first-order valence-electron chi connectivity index (χ1n) is 8.64. The maximum absolute atomic E-state index is 12.9. The molecule has 3 rings (SSSR count). The van der Waals surface area contributed by atoms with Gasteiger partial charge in [0.25, 0.3) is 0 Å². The zero-order valence-corrected chi connectivity index (χ0v) is 16.5. The van der Waals surface area contributed by atoms with E-state index in [4.69, 9.17) is 9.84 Å². The number of ether oxygens (including phenoxy) is 1. The normalized spacial score (nSPS) is 10.8. The van der Waals surface area contributed by atoms with Gasteiger partial charge in [0, 0.05) is 12.7 Å². The van der Waals surface area contributed by atoms with E-state index in [0.717, 1.165) is 22.6 Å². The average Bonchev–Trinajstić information content (AvgIpc) is 3.03. The number of hydrogen-bond acceptors (Lipinski definition) is 5. The fraction of sp³-hybridized carbons (Fsp3) is 0.250. The number of hydrogen-bond donors (Lipinski definition) is 1. The maximum Gasteiger partial charge on any atom is 0.341 e. The molecule has 0 aliphatic rings. The Hall–Kier alpha value is -3.00. The first kappa shape index (κ1) is 19.8. The number of fused-ring (bicyclic) bond motifs is 1. The topological polar surface area (TPSA) is 84.7 Å². The molecule has 0 atom stereocenters. The second-order valence-corrected chi connectivity index (χ2v) is 7.03. The number of anilines is 1. The molecule has 1 aromatic heterocycles. The van der Waals surface area contributed by atoms with Gasteiger partial charge in [-0.05, 0) is 42.7 Å². The Balaban J connectivity index is 1.76. The number of amides is 1. The molecule has 28 heavy (non-hydrogen) atoms. The smallest absolute Gasteiger partial charge is 0.341 e. The molecule has 1 heterocycles. The third-order valence-electron chi connectivity index (χ3n) is 4.26. The lowest BCUT2D eigenvalue weighted by Crippen LogP contribution is -2.30. The number of thioether (sulfide) groups is 1. The van der Waals surface area contributed by atoms with E-state index in [0.29, 0.717) is 11.4 Å². The van der Waals surface area contributed by atoms with Crippen molar-refractivity contribution in [1.82, 2.24) is 9.55 Å². The van der Waals surface area contributed by atoms with Crippen LogP contribution < -0.4 is 9.64 Å². The Morgan fingerprint density at radius 2 is 1.89 bits per heavy atom. The Morgan fingerprint density at radius 1 is 1.18 bits per heavy atom. The predicted octanol–water partition coefficient (Wildman–Crippen LogP) is 3.03. The molecular formula is C20H21N3O4S. The summed E-state index contributed by atoms with van der Waals surface area (Å²) >= 11 is 1.66. The van der Waals surface area contributed by atoms with Gasteiger partial charge in [0.15, 0.2) is 6.61 Å². The van der Waals surface area contributed by atoms with Crippen molar-refractivity contribution in [1.29, 1.82) is 0 Å². The molecule has 1 N–H and O–H groups in total. The van der Waals surface area contributed by atoms with E-state index in [9.17, 15) is 9.59 Å². The SMILES string of the molecule is CSCc1nc2ccccc2n1CC(=O)N(C)c1ccc(OCC(=O)O)cc1. The lowest BCUT2D eigenvalue weighted by molar-refractivity contribution is -0.139. The van der Waals surface area contributed by atoms with Gasteiger partial charge in [-0.1, -0.05) is 12.1 Å². The van der Waals surface area contributed by atoms with Crippen LogP contribution in [0.5, 0.6) is 5.75 Å². The highest BCUT2D eigenvalue weighted by atomic mass is 32.2. The Kier molecular flexibility index (Phi) is 6.20. The highest BCUT2D eigenvalue weighted by Crippen LogP contribution is 2.22. The second-order valence-electron chi connectivity index (χ2n) is 6.16. The van der Waals surface area contributed by atoms with Crippen molar-refractivity contribution in [2.24, 2.45) is 0 Å². The molecule has 3 aromatic rings. The van der Waals surface area contributed by atoms with Crippen LogP contribution in [0.2, 0.25) is 0 Å². The summed E-state index contributed by atoms with van der Waals surface area (Å²) in [4.78, 5) is 29.7. The Morgan fingerprint density at radius 3 is 2.57 bits per heavy atom. The van der Waals surface area contributed by atoms with Gasteiger partial charge in [-0.25, -0.2) is 9.78 Å². The number of likely N-dealkylation sites (N-methyl/N-ethyl adjacent to an activating group) is 1. The molecule has 1 amide bonds. The quantitative estimate of drug-likeness (QED) is 0.627. The number of para-hydroxylation sites is 2. The number of carbonyl (C=O) groups excluding carboxylic acids is 1. The van der Waals surface area contributed by atoms with Crippen molar-refractivity contribution in [2.75, 3.05) is 24.8 Å². The van der Waals surface area contributed by atoms with Gasteiger partial charge in [-0.3, -0.25) is 4.79 Å². The van der Waals surface area contributed by atoms with E-state index >= 15 is 0 Å².